The Labute approximate surface area is 120 Å². The molecule has 0 saturated heterocycles. The number of hydrogen-bond donors (Lipinski definition) is 2. The lowest BCUT2D eigenvalue weighted by Gasteiger charge is -2.29. The summed E-state index contributed by atoms with van der Waals surface area (Å²) in [7, 11) is 0. The number of benzene rings is 1. The molecule has 0 aliphatic rings. The van der Waals surface area contributed by atoms with Crippen LogP contribution in [0.1, 0.15) is 31.1 Å². The highest BCUT2D eigenvalue weighted by molar-refractivity contribution is 14.1. The van der Waals surface area contributed by atoms with Gasteiger partial charge in [0.25, 0.3) is 5.91 Å². The number of rotatable bonds is 3. The number of hydrogen-bond acceptors (Lipinski definition) is 2. The number of carbonyl (C=O) groups excluding carboxylic acids is 1. The zero-order valence-electron chi connectivity index (χ0n) is 9.92. The van der Waals surface area contributed by atoms with Crippen molar-refractivity contribution in [3.8, 4) is 5.75 Å². The molecule has 1 aromatic carbocycles. The number of nitrogens with one attached hydrogen (secondary N) is 1. The first-order valence-electron chi connectivity index (χ1n) is 5.19. The van der Waals surface area contributed by atoms with Gasteiger partial charge < -0.3 is 10.4 Å². The fourth-order valence-corrected chi connectivity index (χ4v) is 1.51. The summed E-state index contributed by atoms with van der Waals surface area (Å²) in [5, 5.41) is 12.2. The van der Waals surface area contributed by atoms with Crippen molar-refractivity contribution in [2.75, 3.05) is 0 Å². The van der Waals surface area contributed by atoms with Crippen LogP contribution in [0.15, 0.2) is 18.2 Å². The number of phenolic OH excluding ortho intramolecular Hbond substituents is 1. The van der Waals surface area contributed by atoms with Crippen LogP contribution >= 0.6 is 34.2 Å². The van der Waals surface area contributed by atoms with Crippen LogP contribution in [0, 0.1) is 3.57 Å². The molecule has 1 amide bonds. The highest BCUT2D eigenvalue weighted by atomic mass is 127. The molecular weight excluding hydrogens is 352 g/mol. The van der Waals surface area contributed by atoms with Crippen LogP contribution in [0.2, 0.25) is 0 Å². The number of phenols is 1. The van der Waals surface area contributed by atoms with E-state index in [0.717, 1.165) is 0 Å². The summed E-state index contributed by atoms with van der Waals surface area (Å²) < 4.78 is 0.712. The Kier molecular flexibility index (Phi) is 4.66. The molecule has 0 radical (unpaired) electrons. The van der Waals surface area contributed by atoms with E-state index >= 15 is 0 Å². The molecule has 1 unspecified atom stereocenters. The van der Waals surface area contributed by atoms with Gasteiger partial charge in [-0.05, 0) is 61.6 Å². The predicted molar refractivity (Wildman–Crippen MR) is 77.7 cm³/mol. The molecule has 2 N–H and O–H groups in total. The van der Waals surface area contributed by atoms with Gasteiger partial charge in [0, 0.05) is 5.56 Å². The van der Waals surface area contributed by atoms with Crippen molar-refractivity contribution >= 4 is 40.1 Å². The minimum absolute atomic E-state index is 0.106. The quantitative estimate of drug-likeness (QED) is 0.637. The topological polar surface area (TPSA) is 49.3 Å². The Hall–Kier alpha value is -0.490. The van der Waals surface area contributed by atoms with Gasteiger partial charge in [-0.25, -0.2) is 0 Å². The fraction of sp³-hybridized carbons (Fsp3) is 0.417. The second kappa shape index (κ2) is 5.44. The van der Waals surface area contributed by atoms with Crippen LogP contribution in [0.3, 0.4) is 0 Å². The van der Waals surface area contributed by atoms with E-state index in [4.69, 9.17) is 11.6 Å². The van der Waals surface area contributed by atoms with E-state index < -0.39 is 5.54 Å². The Balaban J connectivity index is 2.87. The zero-order valence-corrected chi connectivity index (χ0v) is 12.8. The SMILES string of the molecule is CC(Cl)C(C)(C)NC(=O)c1ccc(I)c(O)c1. The van der Waals surface area contributed by atoms with Gasteiger partial charge in [-0.15, -0.1) is 11.6 Å². The third-order valence-electron chi connectivity index (χ3n) is 2.64. The summed E-state index contributed by atoms with van der Waals surface area (Å²) in [6, 6.07) is 4.82. The summed E-state index contributed by atoms with van der Waals surface area (Å²) in [6.45, 7) is 5.54. The van der Waals surface area contributed by atoms with Crippen LogP contribution in [0.5, 0.6) is 5.75 Å². The van der Waals surface area contributed by atoms with E-state index in [9.17, 15) is 9.90 Å². The van der Waals surface area contributed by atoms with Crippen molar-refractivity contribution in [3.63, 3.8) is 0 Å². The number of aromatic hydroxyl groups is 1. The van der Waals surface area contributed by atoms with E-state index in [1.807, 2.05) is 43.4 Å². The summed E-state index contributed by atoms with van der Waals surface area (Å²) in [6.07, 6.45) is 0. The number of carbonyl (C=O) groups is 1. The van der Waals surface area contributed by atoms with E-state index in [1.165, 1.54) is 6.07 Å². The lowest BCUT2D eigenvalue weighted by atomic mass is 10.0. The van der Waals surface area contributed by atoms with E-state index in [1.54, 1.807) is 12.1 Å². The summed E-state index contributed by atoms with van der Waals surface area (Å²) >= 11 is 7.99. The van der Waals surface area contributed by atoms with Crippen molar-refractivity contribution in [2.45, 2.75) is 31.7 Å². The average molecular weight is 368 g/mol. The van der Waals surface area contributed by atoms with Crippen molar-refractivity contribution < 1.29 is 9.90 Å². The molecule has 5 heteroatoms. The van der Waals surface area contributed by atoms with Crippen LogP contribution < -0.4 is 5.32 Å². The van der Waals surface area contributed by atoms with Crippen molar-refractivity contribution in [1.29, 1.82) is 0 Å². The lowest BCUT2D eigenvalue weighted by Crippen LogP contribution is -2.49. The van der Waals surface area contributed by atoms with Crippen molar-refractivity contribution in [3.05, 3.63) is 27.3 Å². The average Bonchev–Trinajstić information content (AvgIpc) is 2.21. The molecule has 0 bridgehead atoms. The van der Waals surface area contributed by atoms with Crippen molar-refractivity contribution in [2.24, 2.45) is 0 Å². The normalized spacial score (nSPS) is 13.2. The molecule has 0 saturated carbocycles. The molecule has 0 aliphatic carbocycles. The summed E-state index contributed by atoms with van der Waals surface area (Å²) in [5.41, 5.74) is -0.0784. The second-order valence-corrected chi connectivity index (χ2v) is 6.27. The monoisotopic (exact) mass is 367 g/mol. The maximum atomic E-state index is 11.9. The van der Waals surface area contributed by atoms with Gasteiger partial charge in [-0.2, -0.15) is 0 Å². The minimum atomic E-state index is -0.503. The molecule has 0 spiro atoms. The van der Waals surface area contributed by atoms with Gasteiger partial charge >= 0.3 is 0 Å². The van der Waals surface area contributed by atoms with Crippen molar-refractivity contribution in [1.82, 2.24) is 5.32 Å². The molecule has 94 valence electrons. The van der Waals surface area contributed by atoms with Crippen LogP contribution in [0.4, 0.5) is 0 Å². The van der Waals surface area contributed by atoms with Gasteiger partial charge in [0.2, 0.25) is 0 Å². The molecule has 1 atom stereocenters. The minimum Gasteiger partial charge on any atom is -0.507 e. The first-order chi connectivity index (χ1) is 7.74. The largest absolute Gasteiger partial charge is 0.507 e. The molecule has 1 aromatic rings. The Morgan fingerprint density at radius 3 is 2.59 bits per heavy atom. The first-order valence-corrected chi connectivity index (χ1v) is 6.70. The standard InChI is InChI=1S/C12H15ClINO2/c1-7(13)12(2,3)15-11(17)8-4-5-9(14)10(16)6-8/h4-7,16H,1-3H3,(H,15,17). The zero-order chi connectivity index (χ0) is 13.2. The van der Waals surface area contributed by atoms with Gasteiger partial charge in [0.1, 0.15) is 5.75 Å². The third kappa shape index (κ3) is 3.74. The maximum absolute atomic E-state index is 11.9. The Morgan fingerprint density at radius 2 is 2.12 bits per heavy atom. The summed E-state index contributed by atoms with van der Waals surface area (Å²) in [5.74, 6) is -0.135. The molecule has 0 fully saturated rings. The van der Waals surface area contributed by atoms with Crippen LogP contribution in [-0.2, 0) is 0 Å². The maximum Gasteiger partial charge on any atom is 0.251 e. The smallest absolute Gasteiger partial charge is 0.251 e. The van der Waals surface area contributed by atoms with E-state index in [2.05, 4.69) is 5.32 Å². The highest BCUT2D eigenvalue weighted by Crippen LogP contribution is 2.21. The molecule has 0 aliphatic heterocycles. The fourth-order valence-electron chi connectivity index (χ4n) is 1.12. The van der Waals surface area contributed by atoms with E-state index in [0.29, 0.717) is 9.13 Å². The Morgan fingerprint density at radius 1 is 1.53 bits per heavy atom. The second-order valence-electron chi connectivity index (χ2n) is 4.46. The van der Waals surface area contributed by atoms with Gasteiger partial charge in [0.05, 0.1) is 14.5 Å². The third-order valence-corrected chi connectivity index (χ3v) is 4.10. The predicted octanol–water partition coefficient (Wildman–Crippen LogP) is 3.13. The molecule has 1 rings (SSSR count). The van der Waals surface area contributed by atoms with Gasteiger partial charge in [0.15, 0.2) is 0 Å². The molecule has 0 aromatic heterocycles. The molecule has 0 heterocycles. The highest BCUT2D eigenvalue weighted by Gasteiger charge is 2.26. The number of halogens is 2. The van der Waals surface area contributed by atoms with Gasteiger partial charge in [-0.3, -0.25) is 4.79 Å². The molecule has 17 heavy (non-hydrogen) atoms. The number of alkyl halides is 1. The van der Waals surface area contributed by atoms with E-state index in [-0.39, 0.29) is 17.0 Å². The van der Waals surface area contributed by atoms with Crippen LogP contribution in [0.25, 0.3) is 0 Å². The molecular formula is C12H15ClINO2. The first kappa shape index (κ1) is 14.6. The van der Waals surface area contributed by atoms with Crippen LogP contribution in [-0.4, -0.2) is 21.9 Å². The summed E-state index contributed by atoms with van der Waals surface area (Å²) in [4.78, 5) is 11.9. The Bertz CT molecular complexity index is 433. The van der Waals surface area contributed by atoms with Gasteiger partial charge in [-0.1, -0.05) is 0 Å². The lowest BCUT2D eigenvalue weighted by molar-refractivity contribution is 0.0912. The number of amides is 1. The molecule has 3 nitrogen and oxygen atoms in total.